The molecule has 1 amide bonds. The Hall–Kier alpha value is -2.43. The molecule has 3 aliphatic rings. The molecule has 32 heavy (non-hydrogen) atoms. The molecule has 0 radical (unpaired) electrons. The highest BCUT2D eigenvalue weighted by molar-refractivity contribution is 7.90. The second kappa shape index (κ2) is 7.29. The molecule has 2 saturated heterocycles. The summed E-state index contributed by atoms with van der Waals surface area (Å²) in [5, 5.41) is 0.282. The lowest BCUT2D eigenvalue weighted by molar-refractivity contribution is -0.0893. The summed E-state index contributed by atoms with van der Waals surface area (Å²) in [4.78, 5) is 29.9. The molecule has 0 saturated carbocycles. The molecule has 0 aliphatic carbocycles. The molecule has 5 heterocycles. The van der Waals surface area contributed by atoms with Gasteiger partial charge in [0.25, 0.3) is 0 Å². The summed E-state index contributed by atoms with van der Waals surface area (Å²) < 4.78 is 23.5. The summed E-state index contributed by atoms with van der Waals surface area (Å²) in [6, 6.07) is 5.53. The topological polar surface area (TPSA) is 104 Å². The van der Waals surface area contributed by atoms with Crippen LogP contribution in [0.2, 0.25) is 0 Å². The van der Waals surface area contributed by atoms with E-state index in [1.807, 2.05) is 25.1 Å². The van der Waals surface area contributed by atoms with Crippen molar-refractivity contribution in [3.8, 4) is 0 Å². The first kappa shape index (κ1) is 21.4. The predicted octanol–water partition coefficient (Wildman–Crippen LogP) is 2.93. The summed E-state index contributed by atoms with van der Waals surface area (Å²) >= 11 is -1.32. The molecule has 0 bridgehead atoms. The minimum atomic E-state index is -1.32. The third-order valence-electron chi connectivity index (χ3n) is 6.64. The van der Waals surface area contributed by atoms with Crippen LogP contribution in [0, 0.1) is 0 Å². The van der Waals surface area contributed by atoms with Crippen molar-refractivity contribution < 1.29 is 18.8 Å². The fraction of sp³-hybridized carbons (Fsp3) is 0.545. The number of rotatable bonds is 3. The Balaban J connectivity index is 1.65. The Bertz CT molecular complexity index is 1080. The third kappa shape index (κ3) is 3.23. The zero-order valence-corrected chi connectivity index (χ0v) is 19.7. The maximum Gasteiger partial charge on any atom is 0.415 e. The number of pyridine rings is 1. The number of anilines is 3. The molecule has 2 aromatic rings. The van der Waals surface area contributed by atoms with Crippen LogP contribution < -0.4 is 9.80 Å². The van der Waals surface area contributed by atoms with Gasteiger partial charge in [0.1, 0.15) is 30.3 Å². The van der Waals surface area contributed by atoms with Crippen LogP contribution >= 0.6 is 0 Å². The normalized spacial score (nSPS) is 29.5. The van der Waals surface area contributed by atoms with Crippen LogP contribution in [0.4, 0.5) is 22.2 Å². The molecule has 0 N–H and O–H groups in total. The fourth-order valence-corrected chi connectivity index (χ4v) is 5.25. The molecule has 10 heteroatoms. The van der Waals surface area contributed by atoms with E-state index in [4.69, 9.17) is 19.4 Å². The third-order valence-corrected chi connectivity index (χ3v) is 7.35. The first-order chi connectivity index (χ1) is 15.1. The summed E-state index contributed by atoms with van der Waals surface area (Å²) in [5.41, 5.74) is 0.281. The zero-order chi connectivity index (χ0) is 22.8. The Morgan fingerprint density at radius 1 is 1.19 bits per heavy atom. The highest BCUT2D eigenvalue weighted by Gasteiger charge is 2.55. The number of amides is 1. The van der Waals surface area contributed by atoms with Crippen LogP contribution in [0.25, 0.3) is 0 Å². The van der Waals surface area contributed by atoms with Crippen LogP contribution in [0.1, 0.15) is 39.7 Å². The van der Waals surface area contributed by atoms with E-state index >= 15 is 0 Å². The highest BCUT2D eigenvalue weighted by atomic mass is 32.2. The van der Waals surface area contributed by atoms with Gasteiger partial charge in [0, 0.05) is 28.4 Å². The van der Waals surface area contributed by atoms with E-state index in [9.17, 15) is 9.35 Å². The standard InChI is InChI=1S/C22H27N5O4S/c1-13-11-30-20(28)26(13)16-7-6-8-17(24-16)27-15-9-21(2,3)31-12-22(15,4)14-10-23-19(32(5)29)25-18(14)27/h6-8,10,13,15H,9,11-12H2,1-5H3/t13-,15+,22+,32+/m0/s1. The molecule has 3 aliphatic heterocycles. The smallest absolute Gasteiger partial charge is 0.415 e. The fourth-order valence-electron chi connectivity index (χ4n) is 4.84. The van der Waals surface area contributed by atoms with Crippen molar-refractivity contribution in [3.05, 3.63) is 30.0 Å². The number of carbonyl (C=O) groups is 1. The van der Waals surface area contributed by atoms with Crippen LogP contribution in [-0.2, 0) is 26.1 Å². The lowest BCUT2D eigenvalue weighted by Crippen LogP contribution is -2.54. The molecule has 0 spiro atoms. The van der Waals surface area contributed by atoms with Crippen molar-refractivity contribution in [2.75, 3.05) is 29.3 Å². The van der Waals surface area contributed by atoms with Gasteiger partial charge in [-0.05, 0) is 39.3 Å². The van der Waals surface area contributed by atoms with Crippen molar-refractivity contribution in [3.63, 3.8) is 0 Å². The van der Waals surface area contributed by atoms with Gasteiger partial charge in [-0.25, -0.2) is 9.78 Å². The number of hydrogen-bond acceptors (Lipinski definition) is 8. The van der Waals surface area contributed by atoms with Crippen LogP contribution in [0.5, 0.6) is 0 Å². The Morgan fingerprint density at radius 2 is 1.91 bits per heavy atom. The van der Waals surface area contributed by atoms with Gasteiger partial charge in [-0.15, -0.1) is 0 Å². The SMILES string of the molecule is C[C@H]1COC(=O)N1c1cccc(N2c3nc([S@@+](C)[O-])ncc3[C@@]3(C)COC(C)(C)C[C@@H]23)n1. The predicted molar refractivity (Wildman–Crippen MR) is 120 cm³/mol. The van der Waals surface area contributed by atoms with E-state index in [-0.39, 0.29) is 28.3 Å². The molecule has 2 fully saturated rings. The number of fused-ring (bicyclic) bond motifs is 3. The molecular formula is C22H27N5O4S. The molecule has 5 rings (SSSR count). The van der Waals surface area contributed by atoms with Gasteiger partial charge in [0.15, 0.2) is 0 Å². The lowest BCUT2D eigenvalue weighted by Gasteiger charge is -2.46. The van der Waals surface area contributed by atoms with E-state index < -0.39 is 17.3 Å². The van der Waals surface area contributed by atoms with Gasteiger partial charge in [-0.3, -0.25) is 4.90 Å². The van der Waals surface area contributed by atoms with E-state index in [1.165, 1.54) is 0 Å². The number of aromatic nitrogens is 3. The maximum atomic E-state index is 12.3. The van der Waals surface area contributed by atoms with Crippen molar-refractivity contribution in [1.82, 2.24) is 15.0 Å². The van der Waals surface area contributed by atoms with Gasteiger partial charge in [-0.1, -0.05) is 13.0 Å². The molecule has 9 nitrogen and oxygen atoms in total. The Kier molecular flexibility index (Phi) is 4.88. The largest absolute Gasteiger partial charge is 0.609 e. The summed E-state index contributed by atoms with van der Waals surface area (Å²) in [7, 11) is 0. The van der Waals surface area contributed by atoms with Crippen molar-refractivity contribution in [2.24, 2.45) is 0 Å². The Morgan fingerprint density at radius 3 is 2.56 bits per heavy atom. The van der Waals surface area contributed by atoms with Gasteiger partial charge in [-0.2, -0.15) is 9.97 Å². The van der Waals surface area contributed by atoms with Gasteiger partial charge in [0.05, 0.1) is 24.3 Å². The van der Waals surface area contributed by atoms with Crippen LogP contribution in [-0.4, -0.2) is 62.8 Å². The zero-order valence-electron chi connectivity index (χ0n) is 18.9. The van der Waals surface area contributed by atoms with Gasteiger partial charge in [0.2, 0.25) is 0 Å². The number of cyclic esters (lactones) is 1. The van der Waals surface area contributed by atoms with E-state index in [0.717, 1.165) is 12.0 Å². The first-order valence-electron chi connectivity index (χ1n) is 10.7. The second-order valence-electron chi connectivity index (χ2n) is 9.55. The van der Waals surface area contributed by atoms with Crippen LogP contribution in [0.15, 0.2) is 29.6 Å². The second-order valence-corrected chi connectivity index (χ2v) is 10.8. The minimum Gasteiger partial charge on any atom is -0.609 e. The van der Waals surface area contributed by atoms with Crippen molar-refractivity contribution >= 4 is 34.7 Å². The number of hydrogen-bond donors (Lipinski definition) is 0. The molecule has 4 atom stereocenters. The van der Waals surface area contributed by atoms with E-state index in [0.29, 0.717) is 30.7 Å². The molecule has 0 aromatic carbocycles. The van der Waals surface area contributed by atoms with E-state index in [2.05, 4.69) is 30.7 Å². The van der Waals surface area contributed by atoms with Crippen molar-refractivity contribution in [1.29, 1.82) is 0 Å². The van der Waals surface area contributed by atoms with Crippen molar-refractivity contribution in [2.45, 2.75) is 62.4 Å². The first-order valence-corrected chi connectivity index (χ1v) is 12.2. The summed E-state index contributed by atoms with van der Waals surface area (Å²) in [6.07, 6.45) is 3.70. The number of nitrogens with zero attached hydrogens (tertiary/aromatic N) is 5. The highest BCUT2D eigenvalue weighted by Crippen LogP contribution is 2.52. The lowest BCUT2D eigenvalue weighted by atomic mass is 9.73. The maximum absolute atomic E-state index is 12.3. The summed E-state index contributed by atoms with van der Waals surface area (Å²) in [6.45, 7) is 9.10. The average Bonchev–Trinajstić information content (AvgIpc) is 3.21. The summed E-state index contributed by atoms with van der Waals surface area (Å²) in [5.74, 6) is 1.90. The molecule has 0 unspecified atom stereocenters. The Labute approximate surface area is 190 Å². The molecule has 170 valence electrons. The monoisotopic (exact) mass is 457 g/mol. The molecular weight excluding hydrogens is 430 g/mol. The average molecular weight is 458 g/mol. The quantitative estimate of drug-likeness (QED) is 0.512. The minimum absolute atomic E-state index is 0.0156. The van der Waals surface area contributed by atoms with E-state index in [1.54, 1.807) is 17.4 Å². The molecule has 2 aromatic heterocycles. The van der Waals surface area contributed by atoms with Crippen LogP contribution in [0.3, 0.4) is 0 Å². The van der Waals surface area contributed by atoms with Gasteiger partial charge < -0.3 is 18.9 Å². The number of carbonyl (C=O) groups excluding carboxylic acids is 1. The number of ether oxygens (including phenoxy) is 2. The van der Waals surface area contributed by atoms with Gasteiger partial charge >= 0.3 is 11.2 Å².